The first-order chi connectivity index (χ1) is 33.7. The fraction of sp³-hybridized carbons (Fsp3) is 0.400. The third-order valence-corrected chi connectivity index (χ3v) is 12.8. The van der Waals surface area contributed by atoms with Gasteiger partial charge in [-0.2, -0.15) is 4.98 Å². The molecule has 0 radical (unpaired) electrons. The molecule has 3 aliphatic heterocycles. The largest absolute Gasteiger partial charge is 0.472 e. The molecule has 0 saturated carbocycles. The van der Waals surface area contributed by atoms with E-state index in [0.29, 0.717) is 23.2 Å². The molecule has 3 aromatic heterocycles. The number of nitrogen functional groups attached to an aromatic ring is 2. The number of nitrogens with two attached hydrogens (primary N) is 2. The van der Waals surface area contributed by atoms with Crippen LogP contribution in [0.4, 0.5) is 26.5 Å². The number of phosphoric acid groups is 2. The zero-order chi connectivity index (χ0) is 50.8. The Morgan fingerprint density at radius 3 is 2.23 bits per heavy atom. The van der Waals surface area contributed by atoms with Gasteiger partial charge in [-0.3, -0.25) is 32.4 Å². The summed E-state index contributed by atoms with van der Waals surface area (Å²) in [6, 6.07) is 11.8. The van der Waals surface area contributed by atoms with Crippen molar-refractivity contribution in [2.45, 2.75) is 81.0 Å². The summed E-state index contributed by atoms with van der Waals surface area (Å²) >= 11 is 0. The van der Waals surface area contributed by atoms with E-state index < -0.39 is 108 Å². The molecular formula is C40H45FN10O18P2. The Labute approximate surface area is 399 Å². The molecule has 10 atom stereocenters. The fourth-order valence-electron chi connectivity index (χ4n) is 7.99. The van der Waals surface area contributed by atoms with Crippen LogP contribution in [0, 0.1) is 5.82 Å². The first kappa shape index (κ1) is 51.0. The van der Waals surface area contributed by atoms with Gasteiger partial charge < -0.3 is 60.6 Å². The Bertz CT molecular complexity index is 2910. The molecule has 0 bridgehead atoms. The Kier molecular flexibility index (Phi) is 15.2. The Hall–Kier alpha value is -6.33. The van der Waals surface area contributed by atoms with Gasteiger partial charge in [0, 0.05) is 18.4 Å². The lowest BCUT2D eigenvalue weighted by Crippen LogP contribution is -2.46. The van der Waals surface area contributed by atoms with Crippen LogP contribution in [0.1, 0.15) is 36.4 Å². The van der Waals surface area contributed by atoms with E-state index in [1.165, 1.54) is 35.2 Å². The number of aliphatic hydroxyl groups excluding tert-OH is 2. The number of esters is 1. The van der Waals surface area contributed by atoms with Crippen LogP contribution < -0.4 is 22.5 Å². The van der Waals surface area contributed by atoms with E-state index in [1.807, 2.05) is 0 Å². The molecule has 2 aromatic carbocycles. The smallest absolute Gasteiger partial charge is 0.455 e. The number of carbonyl (C=O) groups excluding carboxylic acids is 3. The number of halogens is 1. The Morgan fingerprint density at radius 1 is 0.859 bits per heavy atom. The number of ether oxygens (including phenoxy) is 4. The zero-order valence-electron chi connectivity index (χ0n) is 36.7. The molecule has 10 N–H and O–H groups in total. The number of imidazole rings is 1. The van der Waals surface area contributed by atoms with Crippen LogP contribution in [-0.2, 0) is 64.3 Å². The highest BCUT2D eigenvalue weighted by molar-refractivity contribution is 7.47. The number of aromatic nitrogens is 6. The van der Waals surface area contributed by atoms with Crippen LogP contribution in [0.2, 0.25) is 0 Å². The number of aliphatic hydroxyl groups is 2. The zero-order valence-corrected chi connectivity index (χ0v) is 38.5. The number of amides is 2. The molecule has 3 saturated heterocycles. The van der Waals surface area contributed by atoms with Gasteiger partial charge in [-0.15, -0.1) is 0 Å². The van der Waals surface area contributed by atoms with Crippen LogP contribution in [-0.4, -0.2) is 139 Å². The normalized spacial score (nSPS) is 25.3. The summed E-state index contributed by atoms with van der Waals surface area (Å²) in [4.78, 5) is 99.0. The van der Waals surface area contributed by atoms with E-state index in [4.69, 9.17) is 39.5 Å². The van der Waals surface area contributed by atoms with Gasteiger partial charge in [-0.25, -0.2) is 42.9 Å². The molecule has 1 unspecified atom stereocenters. The number of phosphoric ester groups is 2. The predicted molar refractivity (Wildman–Crippen MR) is 236 cm³/mol. The number of rotatable bonds is 17. The second-order valence-corrected chi connectivity index (χ2v) is 18.9. The van der Waals surface area contributed by atoms with Crippen molar-refractivity contribution in [1.82, 2.24) is 34.0 Å². The van der Waals surface area contributed by atoms with Gasteiger partial charge in [0.1, 0.15) is 66.6 Å². The van der Waals surface area contributed by atoms with Crippen molar-refractivity contribution < 1.29 is 85.3 Å². The maximum absolute atomic E-state index is 14.0. The number of benzene rings is 2. The maximum atomic E-state index is 14.0. The van der Waals surface area contributed by atoms with E-state index in [0.717, 1.165) is 28.1 Å². The third kappa shape index (κ3) is 12.1. The van der Waals surface area contributed by atoms with Crippen LogP contribution >= 0.6 is 15.6 Å². The summed E-state index contributed by atoms with van der Waals surface area (Å²) in [7, 11) is -10.6. The monoisotopic (exact) mass is 1030 g/mol. The molecule has 3 fully saturated rings. The van der Waals surface area contributed by atoms with Crippen molar-refractivity contribution in [2.75, 3.05) is 36.5 Å². The minimum atomic E-state index is -5.45. The lowest BCUT2D eigenvalue weighted by Gasteiger charge is -2.27. The summed E-state index contributed by atoms with van der Waals surface area (Å²) in [5, 5.41) is 25.6. The van der Waals surface area contributed by atoms with Crippen LogP contribution in [0.5, 0.6) is 0 Å². The van der Waals surface area contributed by atoms with E-state index >= 15 is 0 Å². The number of fused-ring (bicyclic) bond motifs is 1. The molecule has 3 aliphatic rings. The first-order valence-electron chi connectivity index (χ1n) is 21.3. The molecule has 0 aliphatic carbocycles. The summed E-state index contributed by atoms with van der Waals surface area (Å²) in [6.07, 6.45) is -11.1. The quantitative estimate of drug-likeness (QED) is 0.0462. The molecule has 31 heteroatoms. The highest BCUT2D eigenvalue weighted by Crippen LogP contribution is 2.50. The number of nitrogens with zero attached hydrogens (tertiary/aromatic N) is 7. The lowest BCUT2D eigenvalue weighted by molar-refractivity contribution is -0.161. The molecule has 28 nitrogen and oxygen atoms in total. The molecule has 2 amide bonds. The third-order valence-electron chi connectivity index (χ3n) is 11.4. The highest BCUT2D eigenvalue weighted by atomic mass is 31.2. The molecular weight excluding hydrogens is 989 g/mol. The van der Waals surface area contributed by atoms with Crippen molar-refractivity contribution in [3.05, 3.63) is 101 Å². The number of nitrogens with one attached hydrogen (secondary N) is 1. The van der Waals surface area contributed by atoms with Gasteiger partial charge in [0.2, 0.25) is 5.91 Å². The number of hydrogen-bond acceptors (Lipinski definition) is 21. The molecule has 380 valence electrons. The standard InChI is InChI=1S/C40H45FN10O18P2/c41-22-7-3-20(4-8-22)14-28(52)47-23-9-5-21(6-10-23)15-63-40(57)49-12-1-2-24(49)38(55)68-32-25(66-37(30(32)53)51-19-46-29-34(43)44-18-45-35(29)51)17-65-71(61,62)69-33-26(16-64-70(58,59)60)67-36(31(33)54)50-13-11-27(42)48-39(50)56/h3-11,13,18-19,24-26,30-33,36-37,53-54H,1-2,12,14-17H2,(H,47,52)(H,61,62)(H2,42,48,56)(H2,43,44,45)(H2,58,59,60)/t24-,25+,26+,30+,31+,32+,33+,36+,37+/m0/s1. The van der Waals surface area contributed by atoms with Crippen LogP contribution in [0.25, 0.3) is 11.2 Å². The average Bonchev–Trinajstić information content (AvgIpc) is 4.11. The Morgan fingerprint density at radius 2 is 1.52 bits per heavy atom. The molecule has 71 heavy (non-hydrogen) atoms. The number of hydrogen-bond donors (Lipinski definition) is 8. The minimum absolute atomic E-state index is 0.0116. The van der Waals surface area contributed by atoms with Crippen molar-refractivity contribution >= 4 is 62.1 Å². The van der Waals surface area contributed by atoms with Crippen LogP contribution in [0.3, 0.4) is 0 Å². The minimum Gasteiger partial charge on any atom is -0.455 e. The molecule has 5 aromatic rings. The van der Waals surface area contributed by atoms with Gasteiger partial charge in [-0.05, 0) is 54.3 Å². The summed E-state index contributed by atoms with van der Waals surface area (Å²) in [5.41, 5.74) is 12.2. The molecule has 0 spiro atoms. The number of likely N-dealkylation sites (tertiary alicyclic amines) is 1. The SMILES string of the molecule is Nc1ccn([C@@H]2O[C@H](COP(=O)(O)O)[C@@H](OP(=O)(O)OC[C@H]3O[C@@H](n4cnc5c(N)ncnc54)[C@H](O)[C@@H]3OC(=O)[C@@H]3CCCN3C(=O)OCc3ccc(NC(=O)Cc4ccc(F)cc4)cc3)[C@H]2O)c(=O)n1. The second-order valence-electron chi connectivity index (χ2n) is 16.2. The van der Waals surface area contributed by atoms with E-state index in [-0.39, 0.29) is 54.7 Å². The first-order valence-corrected chi connectivity index (χ1v) is 24.3. The van der Waals surface area contributed by atoms with Crippen molar-refractivity contribution in [2.24, 2.45) is 0 Å². The highest BCUT2D eigenvalue weighted by Gasteiger charge is 2.53. The van der Waals surface area contributed by atoms with Gasteiger partial charge in [0.25, 0.3) is 0 Å². The van der Waals surface area contributed by atoms with Gasteiger partial charge >= 0.3 is 33.4 Å². The van der Waals surface area contributed by atoms with Crippen LogP contribution in [0.15, 0.2) is 78.2 Å². The van der Waals surface area contributed by atoms with Gasteiger partial charge in [0.05, 0.1) is 26.0 Å². The average molecular weight is 1030 g/mol. The summed E-state index contributed by atoms with van der Waals surface area (Å²) < 4.78 is 78.3. The Balaban J connectivity index is 0.939. The van der Waals surface area contributed by atoms with Gasteiger partial charge in [0.15, 0.2) is 30.0 Å². The molecule has 8 rings (SSSR count). The van der Waals surface area contributed by atoms with Crippen molar-refractivity contribution in [3.63, 3.8) is 0 Å². The summed E-state index contributed by atoms with van der Waals surface area (Å²) in [6.45, 7) is -2.18. The predicted octanol–water partition coefficient (Wildman–Crippen LogP) is 0.409. The molecule has 6 heterocycles. The second kappa shape index (κ2) is 21.2. The van der Waals surface area contributed by atoms with E-state index in [2.05, 4.69) is 29.8 Å². The number of carbonyl (C=O) groups is 3. The van der Waals surface area contributed by atoms with Crippen molar-refractivity contribution in [3.8, 4) is 0 Å². The number of anilines is 3. The topological polar surface area (TPSA) is 397 Å². The lowest BCUT2D eigenvalue weighted by atomic mass is 10.1. The van der Waals surface area contributed by atoms with Gasteiger partial charge in [-0.1, -0.05) is 24.3 Å². The fourth-order valence-corrected chi connectivity index (χ4v) is 9.29. The van der Waals surface area contributed by atoms with E-state index in [9.17, 15) is 57.6 Å². The maximum Gasteiger partial charge on any atom is 0.472 e. The van der Waals surface area contributed by atoms with E-state index in [1.54, 1.807) is 24.3 Å². The summed E-state index contributed by atoms with van der Waals surface area (Å²) in [5.74, 6) is -2.02. The van der Waals surface area contributed by atoms with Crippen molar-refractivity contribution in [1.29, 1.82) is 0 Å².